The number of ketones is 1. The third-order valence-corrected chi connectivity index (χ3v) is 5.17. The summed E-state index contributed by atoms with van der Waals surface area (Å²) in [7, 11) is 0. The third kappa shape index (κ3) is 4.33. The van der Waals surface area contributed by atoms with Gasteiger partial charge in [-0.2, -0.15) is 0 Å². The first kappa shape index (κ1) is 19.6. The lowest BCUT2D eigenvalue weighted by atomic mass is 10.1. The molecule has 0 bridgehead atoms. The molecule has 4 rings (SSSR count). The molecule has 0 saturated heterocycles. The van der Waals surface area contributed by atoms with Crippen molar-refractivity contribution in [2.24, 2.45) is 5.92 Å². The minimum Gasteiger partial charge on any atom is -0.294 e. The first-order chi connectivity index (χ1) is 13.9. The highest BCUT2D eigenvalue weighted by Gasteiger charge is 2.27. The van der Waals surface area contributed by atoms with Crippen LogP contribution in [0.5, 0.6) is 0 Å². The molecule has 2 aromatic heterocycles. The molecule has 1 aliphatic rings. The Morgan fingerprint density at radius 3 is 2.52 bits per heavy atom. The van der Waals surface area contributed by atoms with Crippen LogP contribution in [-0.2, 0) is 0 Å². The van der Waals surface area contributed by atoms with Crippen molar-refractivity contribution in [3.63, 3.8) is 0 Å². The average molecular weight is 429 g/mol. The molecule has 0 amide bonds. The van der Waals surface area contributed by atoms with Crippen LogP contribution < -0.4 is 10.6 Å². The van der Waals surface area contributed by atoms with Crippen LogP contribution in [0.15, 0.2) is 53.6 Å². The van der Waals surface area contributed by atoms with E-state index in [1.54, 1.807) is 47.7 Å². The fourth-order valence-electron chi connectivity index (χ4n) is 3.13. The molecular weight excluding hydrogens is 411 g/mol. The van der Waals surface area contributed by atoms with Crippen molar-refractivity contribution in [2.45, 2.75) is 19.8 Å². The lowest BCUT2D eigenvalue weighted by Crippen LogP contribution is -2.42. The van der Waals surface area contributed by atoms with Gasteiger partial charge in [0.1, 0.15) is 5.69 Å². The second-order valence-electron chi connectivity index (χ2n) is 7.09. The first-order valence-corrected chi connectivity index (χ1v) is 9.97. The second kappa shape index (κ2) is 7.97. The Morgan fingerprint density at radius 2 is 1.93 bits per heavy atom. The summed E-state index contributed by atoms with van der Waals surface area (Å²) < 4.78 is 0. The zero-order chi connectivity index (χ0) is 20.5. The van der Waals surface area contributed by atoms with Crippen LogP contribution in [0.3, 0.4) is 0 Å². The number of benzene rings is 1. The SMILES string of the molecule is CC(=O)c1cc(=O)n(N(CC2CC2)c2cc(Cl)cc(Cl)c2)nc1-c1cccnc1. The number of hydrogen-bond donors (Lipinski definition) is 0. The fraction of sp³-hybridized carbons (Fsp3) is 0.238. The lowest BCUT2D eigenvalue weighted by molar-refractivity contribution is 0.101. The van der Waals surface area contributed by atoms with Gasteiger partial charge in [-0.3, -0.25) is 19.6 Å². The largest absolute Gasteiger partial charge is 0.294 e. The minimum atomic E-state index is -0.403. The highest BCUT2D eigenvalue weighted by molar-refractivity contribution is 6.35. The number of hydrogen-bond acceptors (Lipinski definition) is 5. The molecule has 0 spiro atoms. The maximum absolute atomic E-state index is 12.9. The van der Waals surface area contributed by atoms with Gasteiger partial charge in [0.2, 0.25) is 0 Å². The van der Waals surface area contributed by atoms with E-state index in [2.05, 4.69) is 10.1 Å². The first-order valence-electron chi connectivity index (χ1n) is 9.22. The molecule has 0 aliphatic heterocycles. The Kier molecular flexibility index (Phi) is 5.39. The molecule has 1 fully saturated rings. The van der Waals surface area contributed by atoms with Gasteiger partial charge in [0.05, 0.1) is 11.3 Å². The van der Waals surface area contributed by atoms with Gasteiger partial charge in [0, 0.05) is 40.6 Å². The number of carbonyl (C=O) groups is 1. The average Bonchev–Trinajstić information content (AvgIpc) is 3.50. The smallest absolute Gasteiger partial charge is 0.287 e. The summed E-state index contributed by atoms with van der Waals surface area (Å²) in [4.78, 5) is 30.5. The second-order valence-corrected chi connectivity index (χ2v) is 7.96. The monoisotopic (exact) mass is 428 g/mol. The van der Waals surface area contributed by atoms with E-state index in [-0.39, 0.29) is 11.3 Å². The molecule has 3 aromatic rings. The predicted molar refractivity (Wildman–Crippen MR) is 114 cm³/mol. The van der Waals surface area contributed by atoms with E-state index >= 15 is 0 Å². The van der Waals surface area contributed by atoms with E-state index < -0.39 is 5.56 Å². The molecule has 8 heteroatoms. The van der Waals surface area contributed by atoms with E-state index in [0.717, 1.165) is 12.8 Å². The van der Waals surface area contributed by atoms with Gasteiger partial charge in [0.25, 0.3) is 5.56 Å². The molecular formula is C21H18Cl2N4O2. The van der Waals surface area contributed by atoms with Crippen LogP contribution in [0.4, 0.5) is 5.69 Å². The topological polar surface area (TPSA) is 68.1 Å². The Bertz CT molecular complexity index is 1110. The number of Topliss-reactive ketones (excluding diaryl/α,β-unsaturated/α-hetero) is 1. The molecule has 148 valence electrons. The number of carbonyl (C=O) groups excluding carboxylic acids is 1. The Labute approximate surface area is 177 Å². The number of pyridine rings is 1. The molecule has 2 heterocycles. The van der Waals surface area contributed by atoms with Crippen LogP contribution in [0.25, 0.3) is 11.3 Å². The van der Waals surface area contributed by atoms with E-state index in [1.165, 1.54) is 17.8 Å². The quantitative estimate of drug-likeness (QED) is 0.540. The van der Waals surface area contributed by atoms with Crippen LogP contribution in [0, 0.1) is 5.92 Å². The van der Waals surface area contributed by atoms with E-state index in [4.69, 9.17) is 23.2 Å². The Balaban J connectivity index is 1.90. The summed E-state index contributed by atoms with van der Waals surface area (Å²) in [5.74, 6) is 0.218. The maximum Gasteiger partial charge on any atom is 0.287 e. The summed E-state index contributed by atoms with van der Waals surface area (Å²) in [5.41, 5.74) is 1.58. The minimum absolute atomic E-state index is 0.236. The summed E-state index contributed by atoms with van der Waals surface area (Å²) in [6.45, 7) is 2.01. The van der Waals surface area contributed by atoms with Crippen LogP contribution in [0.1, 0.15) is 30.1 Å². The van der Waals surface area contributed by atoms with E-state index in [1.807, 2.05) is 0 Å². The summed E-state index contributed by atoms with van der Waals surface area (Å²) in [6.07, 6.45) is 5.42. The van der Waals surface area contributed by atoms with Crippen molar-refractivity contribution in [3.8, 4) is 11.3 Å². The number of aromatic nitrogens is 3. The van der Waals surface area contributed by atoms with Gasteiger partial charge in [-0.05, 0) is 56.0 Å². The molecule has 0 unspecified atom stereocenters. The van der Waals surface area contributed by atoms with Crippen molar-refractivity contribution in [2.75, 3.05) is 11.6 Å². The van der Waals surface area contributed by atoms with Crippen molar-refractivity contribution in [3.05, 3.63) is 74.8 Å². The normalized spacial score (nSPS) is 13.3. The summed E-state index contributed by atoms with van der Waals surface area (Å²) in [6, 6.07) is 10.0. The Morgan fingerprint density at radius 1 is 1.21 bits per heavy atom. The predicted octanol–water partition coefficient (Wildman–Crippen LogP) is 4.49. The highest BCUT2D eigenvalue weighted by Crippen LogP contribution is 2.33. The molecule has 1 aromatic carbocycles. The van der Waals surface area contributed by atoms with Gasteiger partial charge in [-0.15, -0.1) is 9.89 Å². The molecule has 29 heavy (non-hydrogen) atoms. The molecule has 1 aliphatic carbocycles. The molecule has 6 nitrogen and oxygen atoms in total. The number of nitrogens with zero attached hydrogens (tertiary/aromatic N) is 4. The molecule has 0 radical (unpaired) electrons. The molecule has 1 saturated carbocycles. The fourth-order valence-corrected chi connectivity index (χ4v) is 3.64. The maximum atomic E-state index is 12.9. The van der Waals surface area contributed by atoms with E-state index in [9.17, 15) is 9.59 Å². The zero-order valence-corrected chi connectivity index (χ0v) is 17.2. The van der Waals surface area contributed by atoms with Crippen LogP contribution in [-0.4, -0.2) is 27.2 Å². The molecule has 0 atom stereocenters. The number of rotatable bonds is 6. The zero-order valence-electron chi connectivity index (χ0n) is 15.7. The van der Waals surface area contributed by atoms with Gasteiger partial charge < -0.3 is 0 Å². The van der Waals surface area contributed by atoms with Crippen molar-refractivity contribution < 1.29 is 4.79 Å². The number of anilines is 1. The van der Waals surface area contributed by atoms with Crippen LogP contribution in [0.2, 0.25) is 10.0 Å². The van der Waals surface area contributed by atoms with Gasteiger partial charge in [-0.25, -0.2) is 0 Å². The van der Waals surface area contributed by atoms with Gasteiger partial charge >= 0.3 is 0 Å². The lowest BCUT2D eigenvalue weighted by Gasteiger charge is -2.26. The van der Waals surface area contributed by atoms with Crippen LogP contribution >= 0.6 is 23.2 Å². The molecule has 0 N–H and O–H groups in total. The van der Waals surface area contributed by atoms with E-state index in [0.29, 0.717) is 39.5 Å². The third-order valence-electron chi connectivity index (χ3n) is 4.73. The summed E-state index contributed by atoms with van der Waals surface area (Å²) in [5, 5.41) is 7.26. The van der Waals surface area contributed by atoms with Crippen molar-refractivity contribution >= 4 is 34.7 Å². The van der Waals surface area contributed by atoms with Crippen molar-refractivity contribution in [1.29, 1.82) is 0 Å². The number of halogens is 2. The highest BCUT2D eigenvalue weighted by atomic mass is 35.5. The van der Waals surface area contributed by atoms with Gasteiger partial charge in [0.15, 0.2) is 5.78 Å². The summed E-state index contributed by atoms with van der Waals surface area (Å²) >= 11 is 12.4. The van der Waals surface area contributed by atoms with Crippen molar-refractivity contribution in [1.82, 2.24) is 14.9 Å². The standard InChI is InChI=1S/C21H18Cl2N4O2/c1-13(28)19-10-20(29)27(25-21(19)15-3-2-6-24-11-15)26(12-14-4-5-14)18-8-16(22)7-17(23)9-18/h2-3,6-11,14H,4-5,12H2,1H3. The Hall–Kier alpha value is -2.70. The van der Waals surface area contributed by atoms with Gasteiger partial charge in [-0.1, -0.05) is 23.2 Å².